The molecule has 0 saturated carbocycles. The highest BCUT2D eigenvalue weighted by atomic mass is 16.5. The lowest BCUT2D eigenvalue weighted by Gasteiger charge is -2.25. The highest BCUT2D eigenvalue weighted by molar-refractivity contribution is 6.46. The first-order valence-corrected chi connectivity index (χ1v) is 11.1. The molecular formula is C26H29N3O4. The number of fused-ring (bicyclic) bond motifs is 1. The zero-order valence-corrected chi connectivity index (χ0v) is 19.2. The molecule has 1 unspecified atom stereocenters. The molecule has 2 aromatic carbocycles. The van der Waals surface area contributed by atoms with Crippen LogP contribution < -0.4 is 4.74 Å². The van der Waals surface area contributed by atoms with Crippen LogP contribution in [0, 0.1) is 0 Å². The van der Waals surface area contributed by atoms with E-state index in [9.17, 15) is 14.7 Å². The molecule has 0 aliphatic carbocycles. The minimum Gasteiger partial charge on any atom is -0.507 e. The molecular weight excluding hydrogens is 418 g/mol. The number of carbonyl (C=O) groups is 2. The standard InChI is InChI=1S/C26H29N3O4/c1-4-33-18-10-7-9-17(15-18)24(30)22-23(20-16-27-21-12-6-5-11-19(20)21)29(26(32)25(22)31)14-8-13-28(2)3/h5-7,9-12,15-16,23,27,30H,4,8,13-14H2,1-3H3/b24-22+. The van der Waals surface area contributed by atoms with Gasteiger partial charge in [-0.25, -0.2) is 0 Å². The van der Waals surface area contributed by atoms with Crippen LogP contribution in [0.25, 0.3) is 16.7 Å². The predicted octanol–water partition coefficient (Wildman–Crippen LogP) is 3.94. The molecule has 1 aromatic heterocycles. The number of ether oxygens (including phenoxy) is 1. The fourth-order valence-corrected chi connectivity index (χ4v) is 4.37. The van der Waals surface area contributed by atoms with Gasteiger partial charge in [-0.1, -0.05) is 30.3 Å². The second-order valence-electron chi connectivity index (χ2n) is 8.40. The van der Waals surface area contributed by atoms with Crippen LogP contribution in [-0.2, 0) is 9.59 Å². The van der Waals surface area contributed by atoms with Gasteiger partial charge in [0.25, 0.3) is 11.7 Å². The van der Waals surface area contributed by atoms with Crippen molar-refractivity contribution < 1.29 is 19.4 Å². The summed E-state index contributed by atoms with van der Waals surface area (Å²) in [4.78, 5) is 33.2. The Kier molecular flexibility index (Phi) is 6.51. The number of nitrogens with zero attached hydrogens (tertiary/aromatic N) is 2. The van der Waals surface area contributed by atoms with Crippen molar-refractivity contribution in [2.24, 2.45) is 0 Å². The van der Waals surface area contributed by atoms with Crippen molar-refractivity contribution in [3.8, 4) is 5.75 Å². The summed E-state index contributed by atoms with van der Waals surface area (Å²) in [6.07, 6.45) is 2.53. The average Bonchev–Trinajstić information content (AvgIpc) is 3.33. The number of benzene rings is 2. The maximum Gasteiger partial charge on any atom is 0.295 e. The van der Waals surface area contributed by atoms with Crippen LogP contribution >= 0.6 is 0 Å². The Balaban J connectivity index is 1.85. The first-order valence-electron chi connectivity index (χ1n) is 11.1. The van der Waals surface area contributed by atoms with Crippen molar-refractivity contribution in [1.82, 2.24) is 14.8 Å². The zero-order chi connectivity index (χ0) is 23.5. The Morgan fingerprint density at radius 1 is 1.15 bits per heavy atom. The van der Waals surface area contributed by atoms with E-state index < -0.39 is 17.7 Å². The van der Waals surface area contributed by atoms with E-state index in [1.54, 1.807) is 29.2 Å². The molecule has 1 atom stereocenters. The van der Waals surface area contributed by atoms with Crippen molar-refractivity contribution >= 4 is 28.4 Å². The van der Waals surface area contributed by atoms with E-state index in [1.807, 2.05) is 56.4 Å². The number of aromatic nitrogens is 1. The van der Waals surface area contributed by atoms with Crippen molar-refractivity contribution in [1.29, 1.82) is 0 Å². The van der Waals surface area contributed by atoms with Gasteiger partial charge in [-0.15, -0.1) is 0 Å². The number of hydrogen-bond acceptors (Lipinski definition) is 5. The summed E-state index contributed by atoms with van der Waals surface area (Å²) >= 11 is 0. The van der Waals surface area contributed by atoms with Gasteiger partial charge in [0.1, 0.15) is 11.5 Å². The van der Waals surface area contributed by atoms with Crippen LogP contribution in [0.5, 0.6) is 5.75 Å². The first-order chi connectivity index (χ1) is 15.9. The van der Waals surface area contributed by atoms with Crippen molar-refractivity contribution in [2.75, 3.05) is 33.8 Å². The third-order valence-electron chi connectivity index (χ3n) is 5.88. The van der Waals surface area contributed by atoms with E-state index in [0.717, 1.165) is 23.0 Å². The van der Waals surface area contributed by atoms with E-state index >= 15 is 0 Å². The lowest BCUT2D eigenvalue weighted by Crippen LogP contribution is -2.32. The van der Waals surface area contributed by atoms with Gasteiger partial charge >= 0.3 is 0 Å². The van der Waals surface area contributed by atoms with Gasteiger partial charge in [-0.2, -0.15) is 0 Å². The van der Waals surface area contributed by atoms with Crippen LogP contribution in [0.3, 0.4) is 0 Å². The largest absolute Gasteiger partial charge is 0.507 e. The minimum atomic E-state index is -0.681. The number of amides is 1. The molecule has 0 bridgehead atoms. The lowest BCUT2D eigenvalue weighted by molar-refractivity contribution is -0.139. The number of likely N-dealkylation sites (tertiary alicyclic amines) is 1. The Labute approximate surface area is 193 Å². The third-order valence-corrected chi connectivity index (χ3v) is 5.88. The average molecular weight is 448 g/mol. The van der Waals surface area contributed by atoms with Crippen LogP contribution in [-0.4, -0.2) is 65.4 Å². The molecule has 2 N–H and O–H groups in total. The summed E-state index contributed by atoms with van der Waals surface area (Å²) in [6, 6.07) is 14.0. The van der Waals surface area contributed by atoms with Gasteiger partial charge in [-0.3, -0.25) is 9.59 Å². The second-order valence-corrected chi connectivity index (χ2v) is 8.40. The molecule has 7 heteroatoms. The molecule has 0 spiro atoms. The van der Waals surface area contributed by atoms with Crippen molar-refractivity contribution in [3.63, 3.8) is 0 Å². The summed E-state index contributed by atoms with van der Waals surface area (Å²) in [6.45, 7) is 3.54. The predicted molar refractivity (Wildman–Crippen MR) is 128 cm³/mol. The minimum absolute atomic E-state index is 0.100. The molecule has 4 rings (SSSR count). The van der Waals surface area contributed by atoms with Gasteiger partial charge in [0.05, 0.1) is 18.2 Å². The molecule has 2 heterocycles. The van der Waals surface area contributed by atoms with E-state index in [4.69, 9.17) is 4.74 Å². The summed E-state index contributed by atoms with van der Waals surface area (Å²) in [7, 11) is 3.94. The molecule has 3 aromatic rings. The summed E-state index contributed by atoms with van der Waals surface area (Å²) < 4.78 is 5.56. The van der Waals surface area contributed by atoms with E-state index in [-0.39, 0.29) is 11.3 Å². The lowest BCUT2D eigenvalue weighted by atomic mass is 9.95. The SMILES string of the molecule is CCOc1cccc(/C(O)=C2\C(=O)C(=O)N(CCCN(C)C)C2c2c[nH]c3ccccc23)c1. The Hall–Kier alpha value is -3.58. The Morgan fingerprint density at radius 3 is 2.70 bits per heavy atom. The van der Waals surface area contributed by atoms with Crippen molar-refractivity contribution in [2.45, 2.75) is 19.4 Å². The highest BCUT2D eigenvalue weighted by Gasteiger charge is 2.46. The quantitative estimate of drug-likeness (QED) is 0.310. The third kappa shape index (κ3) is 4.36. The zero-order valence-electron chi connectivity index (χ0n) is 19.2. The number of rotatable bonds is 8. The number of H-pyrrole nitrogens is 1. The van der Waals surface area contributed by atoms with E-state index in [2.05, 4.69) is 4.98 Å². The number of Topliss-reactive ketones (excluding diaryl/α,β-unsaturated/α-hetero) is 1. The fraction of sp³-hybridized carbons (Fsp3) is 0.308. The monoisotopic (exact) mass is 447 g/mol. The Morgan fingerprint density at radius 2 is 1.94 bits per heavy atom. The molecule has 1 aliphatic rings. The van der Waals surface area contributed by atoms with Crippen LogP contribution in [0.1, 0.15) is 30.5 Å². The molecule has 1 saturated heterocycles. The maximum atomic E-state index is 13.2. The molecule has 7 nitrogen and oxygen atoms in total. The maximum absolute atomic E-state index is 13.2. The van der Waals surface area contributed by atoms with Crippen LogP contribution in [0.15, 0.2) is 60.3 Å². The molecule has 1 aliphatic heterocycles. The van der Waals surface area contributed by atoms with Gasteiger partial charge < -0.3 is 24.6 Å². The van der Waals surface area contributed by atoms with Gasteiger partial charge in [0, 0.05) is 34.8 Å². The smallest absolute Gasteiger partial charge is 0.295 e. The molecule has 1 fully saturated rings. The van der Waals surface area contributed by atoms with Gasteiger partial charge in [-0.05, 0) is 52.2 Å². The summed E-state index contributed by atoms with van der Waals surface area (Å²) in [5.41, 5.74) is 2.24. The number of aliphatic hydroxyl groups excluding tert-OH is 1. The number of hydrogen-bond donors (Lipinski definition) is 2. The number of carbonyl (C=O) groups excluding carboxylic acids is 2. The topological polar surface area (TPSA) is 85.9 Å². The fourth-order valence-electron chi connectivity index (χ4n) is 4.37. The molecule has 33 heavy (non-hydrogen) atoms. The number of aliphatic hydroxyl groups is 1. The molecule has 0 radical (unpaired) electrons. The highest BCUT2D eigenvalue weighted by Crippen LogP contribution is 2.42. The number of para-hydroxylation sites is 1. The van der Waals surface area contributed by atoms with Crippen molar-refractivity contribution in [3.05, 3.63) is 71.4 Å². The number of ketones is 1. The molecule has 1 amide bonds. The molecule has 172 valence electrons. The van der Waals surface area contributed by atoms with Gasteiger partial charge in [0.2, 0.25) is 0 Å². The van der Waals surface area contributed by atoms with Gasteiger partial charge in [0.15, 0.2) is 0 Å². The van der Waals surface area contributed by atoms with Crippen LogP contribution in [0.4, 0.5) is 0 Å². The summed E-state index contributed by atoms with van der Waals surface area (Å²) in [5, 5.41) is 12.2. The second kappa shape index (κ2) is 9.50. The van der Waals surface area contributed by atoms with E-state index in [0.29, 0.717) is 30.9 Å². The first kappa shape index (κ1) is 22.6. The van der Waals surface area contributed by atoms with Crippen LogP contribution in [0.2, 0.25) is 0 Å². The normalized spacial score (nSPS) is 17.9. The van der Waals surface area contributed by atoms with E-state index in [1.165, 1.54) is 0 Å². The Bertz CT molecular complexity index is 1210. The number of aromatic amines is 1. The summed E-state index contributed by atoms with van der Waals surface area (Å²) in [5.74, 6) is -0.869. The number of nitrogens with one attached hydrogen (secondary N) is 1.